The van der Waals surface area contributed by atoms with Crippen LogP contribution in [0.2, 0.25) is 0 Å². The Morgan fingerprint density at radius 3 is 2.68 bits per heavy atom. The van der Waals surface area contributed by atoms with Crippen molar-refractivity contribution in [3.63, 3.8) is 0 Å². The lowest BCUT2D eigenvalue weighted by atomic mass is 10.1. The van der Waals surface area contributed by atoms with Gasteiger partial charge in [0.1, 0.15) is 11.1 Å². The number of rotatable bonds is 4. The van der Waals surface area contributed by atoms with Crippen LogP contribution in [0, 0.1) is 13.8 Å². The van der Waals surface area contributed by atoms with Crippen molar-refractivity contribution in [2.45, 2.75) is 26.1 Å². The highest BCUT2D eigenvalue weighted by molar-refractivity contribution is 7.99. The number of hydrogen-bond donors (Lipinski definition) is 1. The molecule has 0 spiro atoms. The van der Waals surface area contributed by atoms with Gasteiger partial charge in [-0.1, -0.05) is 23.8 Å². The maximum Gasteiger partial charge on any atom is 0.323 e. The predicted octanol–water partition coefficient (Wildman–Crippen LogP) is 4.98. The summed E-state index contributed by atoms with van der Waals surface area (Å²) in [6.45, 7) is 7.55. The third-order valence-electron chi connectivity index (χ3n) is 4.26. The molecule has 25 heavy (non-hydrogen) atoms. The lowest BCUT2D eigenvalue weighted by Crippen LogP contribution is -2.34. The van der Waals surface area contributed by atoms with Gasteiger partial charge in [0, 0.05) is 18.0 Å². The summed E-state index contributed by atoms with van der Waals surface area (Å²) in [4.78, 5) is 14.7. The predicted molar refractivity (Wildman–Crippen MR) is 104 cm³/mol. The Morgan fingerprint density at radius 1 is 1.24 bits per heavy atom. The van der Waals surface area contributed by atoms with Crippen molar-refractivity contribution >= 4 is 23.5 Å². The van der Waals surface area contributed by atoms with Gasteiger partial charge in [0.15, 0.2) is 0 Å². The minimum atomic E-state index is -0.0564. The molecule has 5 heteroatoms. The Balaban J connectivity index is 1.72. The van der Waals surface area contributed by atoms with Crippen LogP contribution in [-0.2, 0) is 0 Å². The topological polar surface area (TPSA) is 41.6 Å². The molecule has 2 aromatic rings. The van der Waals surface area contributed by atoms with E-state index in [1.807, 2.05) is 47.9 Å². The average molecular weight is 356 g/mol. The number of aryl methyl sites for hydroxylation is 2. The van der Waals surface area contributed by atoms with Crippen LogP contribution >= 0.6 is 11.8 Å². The number of hydrogen-bond acceptors (Lipinski definition) is 3. The first kappa shape index (κ1) is 17.7. The van der Waals surface area contributed by atoms with E-state index in [0.29, 0.717) is 6.61 Å². The summed E-state index contributed by atoms with van der Waals surface area (Å²) in [5.41, 5.74) is 4.48. The molecule has 0 aliphatic carbocycles. The van der Waals surface area contributed by atoms with Crippen LogP contribution in [0.1, 0.15) is 29.0 Å². The summed E-state index contributed by atoms with van der Waals surface area (Å²) < 4.78 is 5.44. The molecule has 1 saturated heterocycles. The maximum atomic E-state index is 12.8. The van der Waals surface area contributed by atoms with Gasteiger partial charge in [-0.3, -0.25) is 0 Å². The number of anilines is 1. The van der Waals surface area contributed by atoms with Crippen molar-refractivity contribution in [2.24, 2.45) is 0 Å². The third-order valence-corrected chi connectivity index (χ3v) is 5.50. The Labute approximate surface area is 153 Å². The van der Waals surface area contributed by atoms with Crippen molar-refractivity contribution < 1.29 is 9.53 Å². The Kier molecular flexibility index (Phi) is 5.53. The van der Waals surface area contributed by atoms with Crippen LogP contribution in [0.4, 0.5) is 10.5 Å². The number of nitrogens with one attached hydrogen (secondary N) is 1. The highest BCUT2D eigenvalue weighted by Gasteiger charge is 2.31. The van der Waals surface area contributed by atoms with Gasteiger partial charge in [0.2, 0.25) is 0 Å². The summed E-state index contributed by atoms with van der Waals surface area (Å²) in [6.07, 6.45) is 0. The second-order valence-electron chi connectivity index (χ2n) is 6.16. The smallest absolute Gasteiger partial charge is 0.323 e. The highest BCUT2D eigenvalue weighted by atomic mass is 32.2. The van der Waals surface area contributed by atoms with Crippen molar-refractivity contribution in [2.75, 3.05) is 24.2 Å². The zero-order valence-corrected chi connectivity index (χ0v) is 15.7. The van der Waals surface area contributed by atoms with Crippen LogP contribution in [0.15, 0.2) is 42.5 Å². The van der Waals surface area contributed by atoms with Crippen molar-refractivity contribution in [3.05, 3.63) is 59.2 Å². The van der Waals surface area contributed by atoms with Gasteiger partial charge in [0.25, 0.3) is 0 Å². The quantitative estimate of drug-likeness (QED) is 0.840. The molecule has 0 saturated carbocycles. The SMILES string of the molecule is CCOc1ccc(NC(=O)N2CCS[C@@H]2c2ccc(C)cc2C)cc1. The molecule has 132 valence electrons. The zero-order chi connectivity index (χ0) is 17.8. The Bertz CT molecular complexity index is 746. The van der Waals surface area contributed by atoms with Crippen LogP contribution in [0.5, 0.6) is 5.75 Å². The average Bonchev–Trinajstić information content (AvgIpc) is 3.06. The van der Waals surface area contributed by atoms with Crippen LogP contribution < -0.4 is 10.1 Å². The number of benzene rings is 2. The Hall–Kier alpha value is -2.14. The van der Waals surface area contributed by atoms with E-state index in [1.165, 1.54) is 16.7 Å². The summed E-state index contributed by atoms with van der Waals surface area (Å²) in [7, 11) is 0. The largest absolute Gasteiger partial charge is 0.494 e. The molecule has 4 nitrogen and oxygen atoms in total. The molecule has 0 aromatic heterocycles. The summed E-state index contributed by atoms with van der Waals surface area (Å²) in [5, 5.41) is 3.07. The van der Waals surface area contributed by atoms with E-state index in [9.17, 15) is 4.79 Å². The second-order valence-corrected chi connectivity index (χ2v) is 7.35. The molecular formula is C20H24N2O2S. The molecule has 0 radical (unpaired) electrons. The van der Waals surface area contributed by atoms with E-state index in [0.717, 1.165) is 23.7 Å². The number of urea groups is 1. The number of thioether (sulfide) groups is 1. The molecule has 1 aliphatic rings. The van der Waals surface area contributed by atoms with Gasteiger partial charge in [0.05, 0.1) is 6.61 Å². The van der Waals surface area contributed by atoms with Crippen LogP contribution in [0.25, 0.3) is 0 Å². The molecular weight excluding hydrogens is 332 g/mol. The number of carbonyl (C=O) groups excluding carboxylic acids is 1. The molecule has 1 atom stereocenters. The van der Waals surface area contributed by atoms with E-state index in [-0.39, 0.29) is 11.4 Å². The van der Waals surface area contributed by atoms with Crippen molar-refractivity contribution in [3.8, 4) is 5.75 Å². The number of amides is 2. The number of carbonyl (C=O) groups is 1. The summed E-state index contributed by atoms with van der Waals surface area (Å²) in [6, 6.07) is 13.9. The summed E-state index contributed by atoms with van der Waals surface area (Å²) in [5.74, 6) is 1.76. The fourth-order valence-electron chi connectivity index (χ4n) is 3.03. The van der Waals surface area contributed by atoms with Crippen molar-refractivity contribution in [1.29, 1.82) is 0 Å². The van der Waals surface area contributed by atoms with Crippen LogP contribution in [-0.4, -0.2) is 29.8 Å². The number of ether oxygens (including phenoxy) is 1. The van der Waals surface area contributed by atoms with Gasteiger partial charge in [-0.25, -0.2) is 4.79 Å². The molecule has 3 rings (SSSR count). The molecule has 1 fully saturated rings. The monoisotopic (exact) mass is 356 g/mol. The van der Waals surface area contributed by atoms with Gasteiger partial charge in [-0.05, 0) is 56.2 Å². The van der Waals surface area contributed by atoms with Crippen LogP contribution in [0.3, 0.4) is 0 Å². The lowest BCUT2D eigenvalue weighted by molar-refractivity contribution is 0.214. The first-order chi connectivity index (χ1) is 12.1. The molecule has 1 N–H and O–H groups in total. The van der Waals surface area contributed by atoms with E-state index >= 15 is 0 Å². The van der Waals surface area contributed by atoms with Gasteiger partial charge in [-0.2, -0.15) is 0 Å². The normalized spacial score (nSPS) is 16.8. The zero-order valence-electron chi connectivity index (χ0n) is 14.9. The molecule has 0 bridgehead atoms. The first-order valence-corrected chi connectivity index (χ1v) is 9.62. The van der Waals surface area contributed by atoms with Gasteiger partial charge < -0.3 is 15.0 Å². The fourth-order valence-corrected chi connectivity index (χ4v) is 4.39. The lowest BCUT2D eigenvalue weighted by Gasteiger charge is -2.26. The highest BCUT2D eigenvalue weighted by Crippen LogP contribution is 2.39. The van der Waals surface area contributed by atoms with E-state index < -0.39 is 0 Å². The van der Waals surface area contributed by atoms with E-state index in [4.69, 9.17) is 4.74 Å². The van der Waals surface area contributed by atoms with Gasteiger partial charge in [-0.15, -0.1) is 11.8 Å². The molecule has 1 aliphatic heterocycles. The minimum absolute atomic E-state index is 0.0564. The summed E-state index contributed by atoms with van der Waals surface area (Å²) >= 11 is 1.82. The second kappa shape index (κ2) is 7.83. The van der Waals surface area contributed by atoms with E-state index in [2.05, 4.69) is 37.4 Å². The molecule has 2 amide bonds. The maximum absolute atomic E-state index is 12.8. The fraction of sp³-hybridized carbons (Fsp3) is 0.350. The third kappa shape index (κ3) is 4.10. The standard InChI is InChI=1S/C20H24N2O2S/c1-4-24-17-8-6-16(7-9-17)21-20(23)22-11-12-25-19(22)18-10-5-14(2)13-15(18)3/h5-10,13,19H,4,11-12H2,1-3H3,(H,21,23)/t19-/m1/s1. The number of nitrogens with zero attached hydrogens (tertiary/aromatic N) is 1. The van der Waals surface area contributed by atoms with E-state index in [1.54, 1.807) is 0 Å². The first-order valence-electron chi connectivity index (χ1n) is 8.57. The minimum Gasteiger partial charge on any atom is -0.494 e. The Morgan fingerprint density at radius 2 is 2.00 bits per heavy atom. The van der Waals surface area contributed by atoms with Crippen molar-refractivity contribution in [1.82, 2.24) is 4.90 Å². The molecule has 2 aromatic carbocycles. The molecule has 0 unspecified atom stereocenters. The van der Waals surface area contributed by atoms with Gasteiger partial charge >= 0.3 is 6.03 Å². The molecule has 1 heterocycles.